The van der Waals surface area contributed by atoms with E-state index >= 15 is 0 Å². The number of carbonyl (C=O) groups is 2. The molecule has 1 N–H and O–H groups in total. The molecule has 0 aromatic heterocycles. The first-order valence-corrected chi connectivity index (χ1v) is 7.39. The van der Waals surface area contributed by atoms with Gasteiger partial charge in [0, 0.05) is 0 Å². The molecule has 1 atom stereocenters. The number of hydrogen-bond acceptors (Lipinski definition) is 6. The number of ether oxygens (including phenoxy) is 2. The van der Waals surface area contributed by atoms with Gasteiger partial charge in [0.25, 0.3) is 10.1 Å². The summed E-state index contributed by atoms with van der Waals surface area (Å²) in [6.45, 7) is 1.52. The highest BCUT2D eigenvalue weighted by Crippen LogP contribution is 2.23. The molecule has 0 heterocycles. The van der Waals surface area contributed by atoms with Gasteiger partial charge in [-0.15, -0.1) is 0 Å². The highest BCUT2D eigenvalue weighted by molar-refractivity contribution is 7.85. The molecule has 0 saturated heterocycles. The molecule has 116 valence electrons. The zero-order chi connectivity index (χ0) is 16.2. The van der Waals surface area contributed by atoms with Gasteiger partial charge in [0.2, 0.25) is 0 Å². The topological polar surface area (TPSA) is 107 Å². The van der Waals surface area contributed by atoms with Crippen LogP contribution < -0.4 is 0 Å². The molecule has 7 nitrogen and oxygen atoms in total. The Morgan fingerprint density at radius 3 is 2.29 bits per heavy atom. The van der Waals surface area contributed by atoms with Crippen molar-refractivity contribution in [2.45, 2.75) is 24.2 Å². The van der Waals surface area contributed by atoms with E-state index in [9.17, 15) is 18.0 Å². The predicted molar refractivity (Wildman–Crippen MR) is 72.4 cm³/mol. The third-order valence-electron chi connectivity index (χ3n) is 2.92. The molecular formula is C13H16O7S. The molecule has 8 heteroatoms. The molecule has 0 aliphatic heterocycles. The average Bonchev–Trinajstić information content (AvgIpc) is 2.44. The van der Waals surface area contributed by atoms with Gasteiger partial charge in [0.05, 0.1) is 31.5 Å². The van der Waals surface area contributed by atoms with Crippen molar-refractivity contribution in [3.8, 4) is 0 Å². The van der Waals surface area contributed by atoms with E-state index in [4.69, 9.17) is 4.55 Å². The fraction of sp³-hybridized carbons (Fsp3) is 0.385. The van der Waals surface area contributed by atoms with Crippen LogP contribution in [0.5, 0.6) is 0 Å². The molecule has 0 aliphatic carbocycles. The largest absolute Gasteiger partial charge is 0.469 e. The number of esters is 2. The summed E-state index contributed by atoms with van der Waals surface area (Å²) in [6, 6.07) is 3.81. The number of benzene rings is 1. The summed E-state index contributed by atoms with van der Waals surface area (Å²) >= 11 is 0. The maximum absolute atomic E-state index is 11.5. The molecule has 0 saturated carbocycles. The molecule has 21 heavy (non-hydrogen) atoms. The summed E-state index contributed by atoms with van der Waals surface area (Å²) in [6.07, 6.45) is -0.180. The maximum atomic E-state index is 11.5. The number of hydrogen-bond donors (Lipinski definition) is 1. The van der Waals surface area contributed by atoms with E-state index in [0.29, 0.717) is 11.1 Å². The Labute approximate surface area is 122 Å². The van der Waals surface area contributed by atoms with Gasteiger partial charge in [0.15, 0.2) is 0 Å². The Morgan fingerprint density at radius 1 is 1.19 bits per heavy atom. The lowest BCUT2D eigenvalue weighted by atomic mass is 9.98. The van der Waals surface area contributed by atoms with E-state index in [0.717, 1.165) is 12.1 Å². The number of methoxy groups -OCH3 is 2. The van der Waals surface area contributed by atoms with Crippen LogP contribution in [0.2, 0.25) is 0 Å². The lowest BCUT2D eigenvalue weighted by molar-refractivity contribution is -0.142. The van der Waals surface area contributed by atoms with E-state index in [1.165, 1.54) is 27.2 Å². The maximum Gasteiger partial charge on any atom is 0.312 e. The zero-order valence-electron chi connectivity index (χ0n) is 11.8. The Bertz CT molecular complexity index is 648. The summed E-state index contributed by atoms with van der Waals surface area (Å²) in [5.74, 6) is -1.88. The van der Waals surface area contributed by atoms with Crippen LogP contribution in [-0.2, 0) is 35.6 Å². The standard InChI is InChI=1S/C13H16O7S/c1-8(13(15)20-3)10-4-9(6-12(14)19-2)5-11(7-10)21(16,17)18/h4-5,7-8H,6H2,1-3H3,(H,16,17,18). The summed E-state index contributed by atoms with van der Waals surface area (Å²) in [5.41, 5.74) is 0.624. The molecule has 0 aliphatic rings. The van der Waals surface area contributed by atoms with Crippen molar-refractivity contribution >= 4 is 22.1 Å². The van der Waals surface area contributed by atoms with Crippen molar-refractivity contribution in [2.75, 3.05) is 14.2 Å². The summed E-state index contributed by atoms with van der Waals surface area (Å²) in [4.78, 5) is 22.4. The van der Waals surface area contributed by atoms with Gasteiger partial charge in [-0.05, 0) is 30.2 Å². The van der Waals surface area contributed by atoms with Crippen LogP contribution >= 0.6 is 0 Å². The average molecular weight is 316 g/mol. The minimum atomic E-state index is -4.46. The van der Waals surface area contributed by atoms with Crippen LogP contribution in [0.4, 0.5) is 0 Å². The van der Waals surface area contributed by atoms with Crippen molar-refractivity contribution in [1.82, 2.24) is 0 Å². The van der Waals surface area contributed by atoms with Gasteiger partial charge in [-0.1, -0.05) is 6.07 Å². The normalized spacial score (nSPS) is 12.6. The first-order chi connectivity index (χ1) is 9.68. The van der Waals surface area contributed by atoms with Gasteiger partial charge >= 0.3 is 11.9 Å². The van der Waals surface area contributed by atoms with Crippen molar-refractivity contribution in [2.24, 2.45) is 0 Å². The van der Waals surface area contributed by atoms with E-state index in [1.54, 1.807) is 0 Å². The Kier molecular flexibility index (Phi) is 5.45. The quantitative estimate of drug-likeness (QED) is 0.636. The monoisotopic (exact) mass is 316 g/mol. The SMILES string of the molecule is COC(=O)Cc1cc(C(C)C(=O)OC)cc(S(=O)(=O)O)c1. The highest BCUT2D eigenvalue weighted by atomic mass is 32.2. The van der Waals surface area contributed by atoms with Gasteiger partial charge < -0.3 is 9.47 Å². The number of rotatable bonds is 5. The molecule has 0 bridgehead atoms. The second kappa shape index (κ2) is 6.68. The molecule has 0 amide bonds. The van der Waals surface area contributed by atoms with Crippen LogP contribution in [0.3, 0.4) is 0 Å². The predicted octanol–water partition coefficient (Wildman–Crippen LogP) is 0.925. The fourth-order valence-electron chi connectivity index (χ4n) is 1.74. The fourth-order valence-corrected chi connectivity index (χ4v) is 2.32. The second-order valence-corrected chi connectivity index (χ2v) is 5.80. The van der Waals surface area contributed by atoms with Crippen LogP contribution in [0, 0.1) is 0 Å². The second-order valence-electron chi connectivity index (χ2n) is 4.38. The van der Waals surface area contributed by atoms with E-state index < -0.39 is 32.9 Å². The molecular weight excluding hydrogens is 300 g/mol. The Balaban J connectivity index is 3.34. The van der Waals surface area contributed by atoms with Crippen molar-refractivity contribution in [3.63, 3.8) is 0 Å². The highest BCUT2D eigenvalue weighted by Gasteiger charge is 2.20. The van der Waals surface area contributed by atoms with Crippen LogP contribution in [0.1, 0.15) is 24.0 Å². The number of carbonyl (C=O) groups excluding carboxylic acids is 2. The lowest BCUT2D eigenvalue weighted by Gasteiger charge is -2.12. The third-order valence-corrected chi connectivity index (χ3v) is 3.75. The lowest BCUT2D eigenvalue weighted by Crippen LogP contribution is -2.13. The molecule has 0 spiro atoms. The van der Waals surface area contributed by atoms with E-state index in [1.807, 2.05) is 0 Å². The van der Waals surface area contributed by atoms with Gasteiger partial charge in [-0.2, -0.15) is 8.42 Å². The van der Waals surface area contributed by atoms with E-state index in [-0.39, 0.29) is 6.42 Å². The summed E-state index contributed by atoms with van der Waals surface area (Å²) in [5, 5.41) is 0. The minimum absolute atomic E-state index is 0.180. The van der Waals surface area contributed by atoms with Gasteiger partial charge in [0.1, 0.15) is 0 Å². The minimum Gasteiger partial charge on any atom is -0.469 e. The molecule has 1 rings (SSSR count). The third kappa shape index (κ3) is 4.54. The molecule has 0 radical (unpaired) electrons. The smallest absolute Gasteiger partial charge is 0.312 e. The Morgan fingerprint density at radius 2 is 1.81 bits per heavy atom. The first kappa shape index (κ1) is 17.1. The summed E-state index contributed by atoms with van der Waals surface area (Å²) < 4.78 is 40.8. The van der Waals surface area contributed by atoms with Gasteiger partial charge in [-0.3, -0.25) is 14.1 Å². The van der Waals surface area contributed by atoms with Gasteiger partial charge in [-0.25, -0.2) is 0 Å². The van der Waals surface area contributed by atoms with Crippen molar-refractivity contribution in [1.29, 1.82) is 0 Å². The zero-order valence-corrected chi connectivity index (χ0v) is 12.6. The van der Waals surface area contributed by atoms with Crippen LogP contribution in [0.15, 0.2) is 23.1 Å². The Hall–Kier alpha value is -1.93. The van der Waals surface area contributed by atoms with Crippen molar-refractivity contribution in [3.05, 3.63) is 29.3 Å². The van der Waals surface area contributed by atoms with E-state index in [2.05, 4.69) is 9.47 Å². The summed E-state index contributed by atoms with van der Waals surface area (Å²) in [7, 11) is -2.05. The first-order valence-electron chi connectivity index (χ1n) is 5.95. The van der Waals surface area contributed by atoms with Crippen LogP contribution in [0.25, 0.3) is 0 Å². The molecule has 1 aromatic carbocycles. The molecule has 0 fully saturated rings. The molecule has 1 unspecified atom stereocenters. The van der Waals surface area contributed by atoms with Crippen LogP contribution in [-0.4, -0.2) is 39.1 Å². The molecule has 1 aromatic rings. The van der Waals surface area contributed by atoms with Crippen molar-refractivity contribution < 1.29 is 32.0 Å².